The molecule has 0 radical (unpaired) electrons. The van der Waals surface area contributed by atoms with Gasteiger partial charge in [0.25, 0.3) is 0 Å². The zero-order valence-corrected chi connectivity index (χ0v) is 25.9. The fourth-order valence-corrected chi connectivity index (χ4v) is 15.3. The maximum atomic E-state index is 10.8. The lowest BCUT2D eigenvalue weighted by atomic mass is 9.84. The number of thioether (sulfide) groups is 8. The van der Waals surface area contributed by atoms with Gasteiger partial charge in [-0.05, 0) is 51.6 Å². The van der Waals surface area contributed by atoms with Gasteiger partial charge in [-0.3, -0.25) is 0 Å². The lowest BCUT2D eigenvalue weighted by Crippen LogP contribution is -2.52. The molecule has 4 heterocycles. The van der Waals surface area contributed by atoms with E-state index in [1.54, 1.807) is 11.8 Å². The van der Waals surface area contributed by atoms with E-state index in [4.69, 9.17) is 0 Å². The van der Waals surface area contributed by atoms with Crippen LogP contribution in [0.2, 0.25) is 0 Å². The molecule has 4 aliphatic rings. The van der Waals surface area contributed by atoms with Crippen LogP contribution in [0.25, 0.3) is 0 Å². The highest BCUT2D eigenvalue weighted by Crippen LogP contribution is 2.67. The summed E-state index contributed by atoms with van der Waals surface area (Å²) in [7, 11) is 0. The third-order valence-electron chi connectivity index (χ3n) is 6.47. The molecule has 1 saturated heterocycles. The van der Waals surface area contributed by atoms with Crippen molar-refractivity contribution >= 4 is 94.1 Å². The maximum absolute atomic E-state index is 10.8. The molecule has 4 nitrogen and oxygen atoms in total. The first-order chi connectivity index (χ1) is 16.1. The third kappa shape index (κ3) is 4.70. The van der Waals surface area contributed by atoms with E-state index in [2.05, 4.69) is 18.4 Å². The Balaban J connectivity index is 1.30. The van der Waals surface area contributed by atoms with Gasteiger partial charge in [-0.15, -0.1) is 35.3 Å². The number of hydrogen-bond acceptors (Lipinski definition) is 12. The first-order valence-corrected chi connectivity index (χ1v) is 17.9. The minimum atomic E-state index is -0.596. The van der Waals surface area contributed by atoms with Gasteiger partial charge in [0, 0.05) is 16.4 Å². The minimum absolute atomic E-state index is 0.594. The van der Waals surface area contributed by atoms with Gasteiger partial charge in [0.15, 0.2) is 0 Å². The average molecular weight is 607 g/mol. The van der Waals surface area contributed by atoms with Crippen molar-refractivity contribution in [2.45, 2.75) is 49.8 Å². The van der Waals surface area contributed by atoms with E-state index in [1.165, 1.54) is 47.1 Å². The Labute approximate surface area is 235 Å². The smallest absolute Gasteiger partial charge is 0.136 e. The summed E-state index contributed by atoms with van der Waals surface area (Å²) in [6.45, 7) is 7.79. The topological polar surface area (TPSA) is 46.9 Å². The lowest BCUT2D eigenvalue weighted by molar-refractivity contribution is -0.223. The summed E-state index contributed by atoms with van der Waals surface area (Å²) in [6, 6.07) is 8.21. The third-order valence-corrected chi connectivity index (χ3v) is 18.1. The first-order valence-electron chi connectivity index (χ1n) is 10.6. The summed E-state index contributed by atoms with van der Waals surface area (Å²) in [5.74, 6) is 2.42. The van der Waals surface area contributed by atoms with Crippen molar-refractivity contribution in [3.05, 3.63) is 55.3 Å². The van der Waals surface area contributed by atoms with Gasteiger partial charge in [0.1, 0.15) is 6.17 Å². The van der Waals surface area contributed by atoms with Gasteiger partial charge >= 0.3 is 0 Å². The van der Waals surface area contributed by atoms with Crippen LogP contribution >= 0.6 is 94.1 Å². The van der Waals surface area contributed by atoms with E-state index in [-0.39, 0.29) is 0 Å². The number of nitrogens with zero attached hydrogens (tertiary/aromatic N) is 2. The number of rotatable bonds is 4. The van der Waals surface area contributed by atoms with Gasteiger partial charge in [0.2, 0.25) is 0 Å². The fraction of sp³-hybridized carbons (Fsp3) is 0.455. The van der Waals surface area contributed by atoms with Crippen molar-refractivity contribution in [3.8, 4) is 0 Å². The molecule has 184 valence electrons. The van der Waals surface area contributed by atoms with Crippen molar-refractivity contribution in [2.75, 3.05) is 17.8 Å². The number of benzene rings is 1. The van der Waals surface area contributed by atoms with E-state index < -0.39 is 17.2 Å². The molecule has 1 fully saturated rings. The van der Waals surface area contributed by atoms with Crippen LogP contribution in [-0.2, 0) is 0 Å². The highest BCUT2D eigenvalue weighted by atomic mass is 32.3. The van der Waals surface area contributed by atoms with Crippen LogP contribution in [0.4, 0.5) is 0 Å². The van der Waals surface area contributed by atoms with Crippen LogP contribution < -0.4 is 0 Å². The molecule has 0 saturated carbocycles. The summed E-state index contributed by atoms with van der Waals surface area (Å²) in [4.78, 5) is 1.16. The van der Waals surface area contributed by atoms with E-state index in [0.29, 0.717) is 0 Å². The number of hydrogen-bond donors (Lipinski definition) is 2. The Hall–Kier alpha value is 1.08. The summed E-state index contributed by atoms with van der Waals surface area (Å²) in [6.07, 6.45) is 1.56. The second-order valence-corrected chi connectivity index (χ2v) is 18.6. The second-order valence-electron chi connectivity index (χ2n) is 8.89. The first kappa shape index (κ1) is 26.7. The van der Waals surface area contributed by atoms with Gasteiger partial charge in [-0.1, -0.05) is 70.9 Å². The molecule has 0 amide bonds. The largest absolute Gasteiger partial charge is 0.311 e. The van der Waals surface area contributed by atoms with Crippen LogP contribution in [0.15, 0.2) is 54.6 Å². The minimum Gasteiger partial charge on any atom is -0.311 e. The Morgan fingerprint density at radius 1 is 0.765 bits per heavy atom. The van der Waals surface area contributed by atoms with Crippen LogP contribution in [0.1, 0.15) is 39.4 Å². The SMILES string of the molecule is CSC1=C(Sc2ccc(C3N(O)C(C)(C)C(C)(C)N3O)cc2)SC(=C2SC3=C(SCCS3)S2)S1. The number of hydroxylamine groups is 4. The lowest BCUT2D eigenvalue weighted by Gasteiger charge is -2.37. The Kier molecular flexibility index (Phi) is 8.11. The Morgan fingerprint density at radius 2 is 1.26 bits per heavy atom. The summed E-state index contributed by atoms with van der Waals surface area (Å²) in [5.41, 5.74) is -0.324. The normalized spacial score (nSPS) is 25.7. The predicted molar refractivity (Wildman–Crippen MR) is 160 cm³/mol. The fourth-order valence-electron chi connectivity index (χ4n) is 3.72. The molecule has 0 spiro atoms. The highest BCUT2D eigenvalue weighted by Gasteiger charge is 2.58. The van der Waals surface area contributed by atoms with Crippen molar-refractivity contribution in [1.82, 2.24) is 10.1 Å². The molecule has 0 aromatic heterocycles. The molecule has 0 bridgehead atoms. The van der Waals surface area contributed by atoms with Gasteiger partial charge in [-0.2, -0.15) is 10.1 Å². The van der Waals surface area contributed by atoms with Crippen molar-refractivity contribution < 1.29 is 10.4 Å². The van der Waals surface area contributed by atoms with Crippen molar-refractivity contribution in [1.29, 1.82) is 0 Å². The molecule has 0 atom stereocenters. The quantitative estimate of drug-likeness (QED) is 0.344. The summed E-state index contributed by atoms with van der Waals surface area (Å²) < 4.78 is 8.49. The molecular weight excluding hydrogens is 581 g/mol. The van der Waals surface area contributed by atoms with Gasteiger partial charge in [-0.25, -0.2) is 0 Å². The standard InChI is InChI=1S/C22H26N2O2S8/c1-21(2)22(3,4)24(26)14(23(21)25)12-6-8-13(9-7-12)30-18-15(27-5)31-19(34-18)20-32-16-17(33-20)29-11-10-28-16/h6-9,14,25-26H,10-11H2,1-5H3. The van der Waals surface area contributed by atoms with Crippen molar-refractivity contribution in [3.63, 3.8) is 0 Å². The van der Waals surface area contributed by atoms with E-state index in [1.807, 2.05) is 122 Å². The molecule has 0 aliphatic carbocycles. The average Bonchev–Trinajstić information content (AvgIpc) is 3.46. The highest BCUT2D eigenvalue weighted by molar-refractivity contribution is 8.45. The molecule has 1 aromatic rings. The molecule has 34 heavy (non-hydrogen) atoms. The summed E-state index contributed by atoms with van der Waals surface area (Å²) >= 11 is 15.3. The Bertz CT molecular complexity index is 1040. The van der Waals surface area contributed by atoms with Crippen molar-refractivity contribution in [2.24, 2.45) is 0 Å². The maximum Gasteiger partial charge on any atom is 0.136 e. The molecule has 0 unspecified atom stereocenters. The molecule has 2 N–H and O–H groups in total. The molecule has 4 aliphatic heterocycles. The molecular formula is C22H26N2O2S8. The zero-order valence-electron chi connectivity index (χ0n) is 19.4. The van der Waals surface area contributed by atoms with Crippen LogP contribution in [0.5, 0.6) is 0 Å². The van der Waals surface area contributed by atoms with Crippen LogP contribution in [0.3, 0.4) is 0 Å². The van der Waals surface area contributed by atoms with Gasteiger partial charge in [0.05, 0.1) is 36.5 Å². The van der Waals surface area contributed by atoms with E-state index >= 15 is 0 Å². The zero-order chi connectivity index (χ0) is 24.3. The van der Waals surface area contributed by atoms with E-state index in [0.717, 1.165) is 10.5 Å². The molecule has 12 heteroatoms. The van der Waals surface area contributed by atoms with Crippen LogP contribution in [0, 0.1) is 0 Å². The second kappa shape index (κ2) is 10.3. The Morgan fingerprint density at radius 3 is 1.79 bits per heavy atom. The summed E-state index contributed by atoms with van der Waals surface area (Å²) in [5, 5.41) is 24.2. The van der Waals surface area contributed by atoms with Crippen LogP contribution in [-0.4, -0.2) is 49.4 Å². The molecule has 1 aromatic carbocycles. The van der Waals surface area contributed by atoms with E-state index in [9.17, 15) is 10.4 Å². The van der Waals surface area contributed by atoms with Gasteiger partial charge < -0.3 is 10.4 Å². The predicted octanol–water partition coefficient (Wildman–Crippen LogP) is 8.91. The molecule has 5 rings (SSSR count). The monoisotopic (exact) mass is 606 g/mol.